The fourth-order valence-electron chi connectivity index (χ4n) is 2.80. The Labute approximate surface area is 141 Å². The monoisotopic (exact) mass is 323 g/mol. The molecule has 2 heterocycles. The molecule has 0 aliphatic rings. The fourth-order valence-corrected chi connectivity index (χ4v) is 2.80. The molecule has 0 saturated heterocycles. The lowest BCUT2D eigenvalue weighted by atomic mass is 10.1. The standard InChI is InChI=1S/C19H21N3O2/c1-4-7-14-18(22-11-6-5-8-17(22)20-14)19(23)21-15-12-13(2)9-10-16(15)24-3/h5-6,8-12H,4,7H2,1-3H3,(H,21,23). The van der Waals surface area contributed by atoms with Crippen molar-refractivity contribution in [2.45, 2.75) is 26.7 Å². The molecule has 0 fully saturated rings. The van der Waals surface area contributed by atoms with Crippen LogP contribution in [0.15, 0.2) is 42.6 Å². The third-order valence-corrected chi connectivity index (χ3v) is 3.91. The molecule has 5 heteroatoms. The lowest BCUT2D eigenvalue weighted by molar-refractivity contribution is 0.102. The molecule has 0 unspecified atom stereocenters. The van der Waals surface area contributed by atoms with Crippen molar-refractivity contribution in [1.29, 1.82) is 0 Å². The van der Waals surface area contributed by atoms with E-state index in [4.69, 9.17) is 4.74 Å². The van der Waals surface area contributed by atoms with Gasteiger partial charge < -0.3 is 10.1 Å². The molecule has 3 aromatic rings. The number of aromatic nitrogens is 2. The maximum atomic E-state index is 12.9. The number of aryl methyl sites for hydroxylation is 2. The van der Waals surface area contributed by atoms with Crippen molar-refractivity contribution in [1.82, 2.24) is 9.38 Å². The van der Waals surface area contributed by atoms with Crippen LogP contribution < -0.4 is 10.1 Å². The number of carbonyl (C=O) groups is 1. The molecule has 24 heavy (non-hydrogen) atoms. The van der Waals surface area contributed by atoms with Crippen molar-refractivity contribution in [2.75, 3.05) is 12.4 Å². The lowest BCUT2D eigenvalue weighted by Gasteiger charge is -2.11. The zero-order valence-corrected chi connectivity index (χ0v) is 14.2. The molecular weight excluding hydrogens is 302 g/mol. The van der Waals surface area contributed by atoms with Gasteiger partial charge in [-0.25, -0.2) is 4.98 Å². The summed E-state index contributed by atoms with van der Waals surface area (Å²) >= 11 is 0. The minimum absolute atomic E-state index is 0.180. The molecule has 2 aromatic heterocycles. The van der Waals surface area contributed by atoms with Gasteiger partial charge in [0.05, 0.1) is 18.5 Å². The fraction of sp³-hybridized carbons (Fsp3) is 0.263. The van der Waals surface area contributed by atoms with Gasteiger partial charge in [0.1, 0.15) is 17.1 Å². The Balaban J connectivity index is 2.03. The number of anilines is 1. The number of benzene rings is 1. The first-order chi connectivity index (χ1) is 11.6. The number of nitrogens with zero attached hydrogens (tertiary/aromatic N) is 2. The number of methoxy groups -OCH3 is 1. The molecule has 3 rings (SSSR count). The van der Waals surface area contributed by atoms with E-state index in [0.29, 0.717) is 17.1 Å². The van der Waals surface area contributed by atoms with Crippen molar-refractivity contribution in [3.05, 3.63) is 59.5 Å². The van der Waals surface area contributed by atoms with Gasteiger partial charge in [-0.05, 0) is 43.2 Å². The largest absolute Gasteiger partial charge is 0.495 e. The number of nitrogens with one attached hydrogen (secondary N) is 1. The van der Waals surface area contributed by atoms with Crippen LogP contribution in [0.1, 0.15) is 35.1 Å². The van der Waals surface area contributed by atoms with Crippen LogP contribution in [0.3, 0.4) is 0 Å². The summed E-state index contributed by atoms with van der Waals surface area (Å²) in [4.78, 5) is 17.5. The second-order valence-corrected chi connectivity index (χ2v) is 5.74. The second kappa shape index (κ2) is 6.74. The molecular formula is C19H21N3O2. The zero-order chi connectivity index (χ0) is 17.1. The summed E-state index contributed by atoms with van der Waals surface area (Å²) < 4.78 is 7.18. The van der Waals surface area contributed by atoms with Crippen molar-refractivity contribution in [2.24, 2.45) is 0 Å². The van der Waals surface area contributed by atoms with Gasteiger partial charge in [-0.15, -0.1) is 0 Å². The summed E-state index contributed by atoms with van der Waals surface area (Å²) in [5.74, 6) is 0.459. The maximum Gasteiger partial charge on any atom is 0.274 e. The number of hydrogen-bond acceptors (Lipinski definition) is 3. The molecule has 0 bridgehead atoms. The summed E-state index contributed by atoms with van der Waals surface area (Å²) in [6, 6.07) is 11.4. The average molecular weight is 323 g/mol. The molecule has 0 aliphatic heterocycles. The van der Waals surface area contributed by atoms with Gasteiger partial charge in [0.2, 0.25) is 0 Å². The molecule has 1 amide bonds. The molecule has 1 aromatic carbocycles. The molecule has 0 aliphatic carbocycles. The van der Waals surface area contributed by atoms with E-state index < -0.39 is 0 Å². The van der Waals surface area contributed by atoms with Gasteiger partial charge in [0.15, 0.2) is 0 Å². The normalized spacial score (nSPS) is 10.8. The van der Waals surface area contributed by atoms with E-state index in [0.717, 1.165) is 29.7 Å². The SMILES string of the molecule is CCCc1nc2ccccn2c1C(=O)Nc1cc(C)ccc1OC. The van der Waals surface area contributed by atoms with E-state index in [1.807, 2.05) is 53.9 Å². The van der Waals surface area contributed by atoms with Gasteiger partial charge in [-0.3, -0.25) is 9.20 Å². The quantitative estimate of drug-likeness (QED) is 0.776. The highest BCUT2D eigenvalue weighted by molar-refractivity contribution is 6.05. The Morgan fingerprint density at radius 2 is 2.12 bits per heavy atom. The van der Waals surface area contributed by atoms with Gasteiger partial charge in [-0.2, -0.15) is 0 Å². The molecule has 0 atom stereocenters. The first kappa shape index (κ1) is 16.1. The predicted octanol–water partition coefficient (Wildman–Crippen LogP) is 3.86. The third-order valence-electron chi connectivity index (χ3n) is 3.91. The van der Waals surface area contributed by atoms with Crippen LogP contribution in [0.4, 0.5) is 5.69 Å². The minimum atomic E-state index is -0.180. The van der Waals surface area contributed by atoms with Gasteiger partial charge in [-0.1, -0.05) is 25.5 Å². The van der Waals surface area contributed by atoms with E-state index in [1.54, 1.807) is 7.11 Å². The van der Waals surface area contributed by atoms with Crippen molar-refractivity contribution < 1.29 is 9.53 Å². The number of hydrogen-bond donors (Lipinski definition) is 1. The number of ether oxygens (including phenoxy) is 1. The molecule has 5 nitrogen and oxygen atoms in total. The average Bonchev–Trinajstić information content (AvgIpc) is 2.93. The lowest BCUT2D eigenvalue weighted by Crippen LogP contribution is -2.17. The minimum Gasteiger partial charge on any atom is -0.495 e. The number of amides is 1. The van der Waals surface area contributed by atoms with Crippen LogP contribution in [0.5, 0.6) is 5.75 Å². The highest BCUT2D eigenvalue weighted by atomic mass is 16.5. The smallest absolute Gasteiger partial charge is 0.274 e. The maximum absolute atomic E-state index is 12.9. The number of pyridine rings is 1. The molecule has 124 valence electrons. The molecule has 0 spiro atoms. The van der Waals surface area contributed by atoms with Crippen LogP contribution >= 0.6 is 0 Å². The summed E-state index contributed by atoms with van der Waals surface area (Å²) in [5.41, 5.74) is 3.89. The van der Waals surface area contributed by atoms with E-state index in [1.165, 1.54) is 0 Å². The van der Waals surface area contributed by atoms with Crippen molar-refractivity contribution in [3.63, 3.8) is 0 Å². The van der Waals surface area contributed by atoms with Crippen LogP contribution in [0.25, 0.3) is 5.65 Å². The van der Waals surface area contributed by atoms with E-state index in [9.17, 15) is 4.79 Å². The number of imidazole rings is 1. The molecule has 0 saturated carbocycles. The first-order valence-corrected chi connectivity index (χ1v) is 8.06. The van der Waals surface area contributed by atoms with Crippen LogP contribution in [-0.4, -0.2) is 22.4 Å². The Morgan fingerprint density at radius 1 is 1.29 bits per heavy atom. The van der Waals surface area contributed by atoms with Gasteiger partial charge >= 0.3 is 0 Å². The summed E-state index contributed by atoms with van der Waals surface area (Å²) in [5, 5.41) is 2.97. The number of rotatable bonds is 5. The molecule has 1 N–H and O–H groups in total. The summed E-state index contributed by atoms with van der Waals surface area (Å²) in [6.07, 6.45) is 3.55. The zero-order valence-electron chi connectivity index (χ0n) is 14.2. The molecule has 0 radical (unpaired) electrons. The Hall–Kier alpha value is -2.82. The first-order valence-electron chi connectivity index (χ1n) is 8.06. The van der Waals surface area contributed by atoms with Gasteiger partial charge in [0.25, 0.3) is 5.91 Å². The highest BCUT2D eigenvalue weighted by Gasteiger charge is 2.19. The Bertz CT molecular complexity index is 883. The van der Waals surface area contributed by atoms with Crippen molar-refractivity contribution in [3.8, 4) is 5.75 Å². The van der Waals surface area contributed by atoms with E-state index >= 15 is 0 Å². The predicted molar refractivity (Wildman–Crippen MR) is 94.9 cm³/mol. The van der Waals surface area contributed by atoms with E-state index in [-0.39, 0.29) is 5.91 Å². The highest BCUT2D eigenvalue weighted by Crippen LogP contribution is 2.26. The van der Waals surface area contributed by atoms with Crippen LogP contribution in [-0.2, 0) is 6.42 Å². The topological polar surface area (TPSA) is 55.6 Å². The number of fused-ring (bicyclic) bond motifs is 1. The van der Waals surface area contributed by atoms with E-state index in [2.05, 4.69) is 17.2 Å². The summed E-state index contributed by atoms with van der Waals surface area (Å²) in [6.45, 7) is 4.06. The number of carbonyl (C=O) groups excluding carboxylic acids is 1. The van der Waals surface area contributed by atoms with Crippen LogP contribution in [0.2, 0.25) is 0 Å². The van der Waals surface area contributed by atoms with Gasteiger partial charge in [0, 0.05) is 6.20 Å². The second-order valence-electron chi connectivity index (χ2n) is 5.74. The third kappa shape index (κ3) is 2.97. The van der Waals surface area contributed by atoms with Crippen molar-refractivity contribution >= 4 is 17.2 Å². The van der Waals surface area contributed by atoms with Crippen LogP contribution in [0, 0.1) is 6.92 Å². The Kier molecular flexibility index (Phi) is 4.51. The summed E-state index contributed by atoms with van der Waals surface area (Å²) in [7, 11) is 1.59. The Morgan fingerprint density at radius 3 is 2.88 bits per heavy atom.